The summed E-state index contributed by atoms with van der Waals surface area (Å²) in [5.74, 6) is 1.05. The number of pyridine rings is 1. The molecule has 2 aromatic rings. The Bertz CT molecular complexity index is 702. The van der Waals surface area contributed by atoms with Crippen LogP contribution in [0.4, 0.5) is 27.8 Å². The summed E-state index contributed by atoms with van der Waals surface area (Å²) in [7, 11) is 0. The number of aromatic nitrogens is 1. The number of nitrogens with two attached hydrogens (primary N) is 1. The second kappa shape index (κ2) is 5.93. The molecule has 0 saturated carbocycles. The van der Waals surface area contributed by atoms with Gasteiger partial charge in [0.05, 0.1) is 12.3 Å². The predicted octanol–water partition coefficient (Wildman–Crippen LogP) is 2.93. The number of nitrogen functional groups attached to an aromatic ring is 1. The van der Waals surface area contributed by atoms with E-state index in [2.05, 4.69) is 27.3 Å². The molecule has 1 aromatic heterocycles. The zero-order valence-electron chi connectivity index (χ0n) is 12.4. The summed E-state index contributed by atoms with van der Waals surface area (Å²) < 4.78 is 4.83. The third-order valence-electron chi connectivity index (χ3n) is 3.59. The summed E-state index contributed by atoms with van der Waals surface area (Å²) in [4.78, 5) is 18.0. The number of nitrogens with zero attached hydrogens (tertiary/aromatic N) is 2. The van der Waals surface area contributed by atoms with Crippen molar-refractivity contribution in [2.75, 3.05) is 29.1 Å². The third kappa shape index (κ3) is 2.67. The van der Waals surface area contributed by atoms with Gasteiger partial charge in [-0.05, 0) is 37.1 Å². The maximum Gasteiger partial charge on any atom is 0.411 e. The Balaban J connectivity index is 1.82. The molecule has 1 aliphatic heterocycles. The van der Waals surface area contributed by atoms with Crippen molar-refractivity contribution < 1.29 is 9.53 Å². The fourth-order valence-corrected chi connectivity index (χ4v) is 2.57. The summed E-state index contributed by atoms with van der Waals surface area (Å²) >= 11 is 0. The first-order valence-corrected chi connectivity index (χ1v) is 7.24. The SMILES string of the molecule is CCOC(=O)Nc1ccc(N2CCc3ccccc32)nc1N. The number of amides is 1. The molecule has 2 heterocycles. The second-order valence-electron chi connectivity index (χ2n) is 4.98. The van der Waals surface area contributed by atoms with Crippen LogP contribution in [0.25, 0.3) is 0 Å². The monoisotopic (exact) mass is 298 g/mol. The van der Waals surface area contributed by atoms with Crippen LogP contribution in [0, 0.1) is 0 Å². The van der Waals surface area contributed by atoms with Crippen molar-refractivity contribution in [1.82, 2.24) is 4.98 Å². The lowest BCUT2D eigenvalue weighted by atomic mass is 10.2. The number of nitrogens with one attached hydrogen (secondary N) is 1. The highest BCUT2D eigenvalue weighted by molar-refractivity contribution is 5.88. The molecule has 1 aromatic carbocycles. The first kappa shape index (κ1) is 14.2. The summed E-state index contributed by atoms with van der Waals surface area (Å²) in [6, 6.07) is 11.8. The second-order valence-corrected chi connectivity index (χ2v) is 4.98. The number of rotatable bonds is 3. The number of ether oxygens (including phenoxy) is 1. The van der Waals surface area contributed by atoms with Gasteiger partial charge in [-0.3, -0.25) is 5.32 Å². The Hall–Kier alpha value is -2.76. The van der Waals surface area contributed by atoms with Gasteiger partial charge in [0.2, 0.25) is 0 Å². The quantitative estimate of drug-likeness (QED) is 0.910. The van der Waals surface area contributed by atoms with Gasteiger partial charge >= 0.3 is 6.09 Å². The van der Waals surface area contributed by atoms with Crippen molar-refractivity contribution in [1.29, 1.82) is 0 Å². The van der Waals surface area contributed by atoms with E-state index in [0.29, 0.717) is 12.3 Å². The molecule has 3 N–H and O–H groups in total. The number of fused-ring (bicyclic) bond motifs is 1. The minimum atomic E-state index is -0.532. The molecule has 0 radical (unpaired) electrons. The normalized spacial score (nSPS) is 12.9. The Morgan fingerprint density at radius 3 is 2.95 bits per heavy atom. The lowest BCUT2D eigenvalue weighted by Crippen LogP contribution is -2.18. The minimum Gasteiger partial charge on any atom is -0.450 e. The molecular formula is C16H18N4O2. The van der Waals surface area contributed by atoms with E-state index in [1.807, 2.05) is 18.2 Å². The molecule has 0 atom stereocenters. The third-order valence-corrected chi connectivity index (χ3v) is 3.59. The van der Waals surface area contributed by atoms with Crippen molar-refractivity contribution in [3.8, 4) is 0 Å². The van der Waals surface area contributed by atoms with Gasteiger partial charge in [-0.1, -0.05) is 18.2 Å². The molecule has 1 amide bonds. The largest absolute Gasteiger partial charge is 0.450 e. The molecule has 22 heavy (non-hydrogen) atoms. The number of anilines is 4. The highest BCUT2D eigenvalue weighted by atomic mass is 16.5. The topological polar surface area (TPSA) is 80.5 Å². The van der Waals surface area contributed by atoms with Crippen molar-refractivity contribution in [3.63, 3.8) is 0 Å². The highest BCUT2D eigenvalue weighted by Gasteiger charge is 2.21. The van der Waals surface area contributed by atoms with Crippen molar-refractivity contribution in [3.05, 3.63) is 42.0 Å². The van der Waals surface area contributed by atoms with Gasteiger partial charge < -0.3 is 15.4 Å². The van der Waals surface area contributed by atoms with Crippen LogP contribution in [0.5, 0.6) is 0 Å². The first-order chi connectivity index (χ1) is 10.7. The van der Waals surface area contributed by atoms with E-state index in [9.17, 15) is 4.79 Å². The van der Waals surface area contributed by atoms with Gasteiger partial charge in [-0.2, -0.15) is 0 Å². The Morgan fingerprint density at radius 2 is 2.18 bits per heavy atom. The van der Waals surface area contributed by atoms with Gasteiger partial charge in [0.15, 0.2) is 0 Å². The molecule has 0 aliphatic carbocycles. The van der Waals surface area contributed by atoms with E-state index < -0.39 is 6.09 Å². The molecular weight excluding hydrogens is 280 g/mol. The van der Waals surface area contributed by atoms with Crippen LogP contribution in [0.15, 0.2) is 36.4 Å². The smallest absolute Gasteiger partial charge is 0.411 e. The van der Waals surface area contributed by atoms with Crippen LogP contribution in [0.3, 0.4) is 0 Å². The minimum absolute atomic E-state index is 0.273. The van der Waals surface area contributed by atoms with Crippen LogP contribution in [-0.4, -0.2) is 24.2 Å². The predicted molar refractivity (Wildman–Crippen MR) is 86.4 cm³/mol. The van der Waals surface area contributed by atoms with Crippen LogP contribution in [0.1, 0.15) is 12.5 Å². The number of hydrogen-bond acceptors (Lipinski definition) is 5. The van der Waals surface area contributed by atoms with Crippen LogP contribution in [0.2, 0.25) is 0 Å². The molecule has 0 bridgehead atoms. The van der Waals surface area contributed by atoms with E-state index in [0.717, 1.165) is 24.5 Å². The molecule has 6 heteroatoms. The van der Waals surface area contributed by atoms with Crippen molar-refractivity contribution >= 4 is 29.1 Å². The molecule has 0 unspecified atom stereocenters. The zero-order chi connectivity index (χ0) is 15.5. The van der Waals surface area contributed by atoms with E-state index in [1.165, 1.54) is 5.56 Å². The highest BCUT2D eigenvalue weighted by Crippen LogP contribution is 2.34. The lowest BCUT2D eigenvalue weighted by molar-refractivity contribution is 0.168. The Morgan fingerprint density at radius 1 is 1.36 bits per heavy atom. The van der Waals surface area contributed by atoms with E-state index in [1.54, 1.807) is 13.0 Å². The lowest BCUT2D eigenvalue weighted by Gasteiger charge is -2.19. The molecule has 0 saturated heterocycles. The Labute approximate surface area is 128 Å². The van der Waals surface area contributed by atoms with Crippen molar-refractivity contribution in [2.24, 2.45) is 0 Å². The molecule has 0 fully saturated rings. The molecule has 6 nitrogen and oxygen atoms in total. The number of para-hydroxylation sites is 1. The number of hydrogen-bond donors (Lipinski definition) is 2. The fourth-order valence-electron chi connectivity index (χ4n) is 2.57. The van der Waals surface area contributed by atoms with Crippen LogP contribution in [-0.2, 0) is 11.2 Å². The Kier molecular flexibility index (Phi) is 3.82. The maximum atomic E-state index is 11.4. The van der Waals surface area contributed by atoms with Gasteiger partial charge in [0.1, 0.15) is 11.6 Å². The van der Waals surface area contributed by atoms with Crippen LogP contribution < -0.4 is 16.0 Å². The van der Waals surface area contributed by atoms with Gasteiger partial charge in [-0.25, -0.2) is 9.78 Å². The number of benzene rings is 1. The molecule has 0 spiro atoms. The summed E-state index contributed by atoms with van der Waals surface area (Å²) in [6.07, 6.45) is 0.455. The van der Waals surface area contributed by atoms with Crippen molar-refractivity contribution in [2.45, 2.75) is 13.3 Å². The van der Waals surface area contributed by atoms with Gasteiger partial charge in [0.25, 0.3) is 0 Å². The average Bonchev–Trinajstić information content (AvgIpc) is 2.93. The average molecular weight is 298 g/mol. The molecule has 114 valence electrons. The summed E-state index contributed by atoms with van der Waals surface area (Å²) in [5, 5.41) is 2.58. The van der Waals surface area contributed by atoms with E-state index in [-0.39, 0.29) is 5.82 Å². The van der Waals surface area contributed by atoms with E-state index >= 15 is 0 Å². The zero-order valence-corrected chi connectivity index (χ0v) is 12.4. The standard InChI is InChI=1S/C16H18N4O2/c1-2-22-16(21)18-12-7-8-14(19-15(12)17)20-10-9-11-5-3-4-6-13(11)20/h3-8H,2,9-10H2,1H3,(H2,17,19)(H,18,21). The van der Waals surface area contributed by atoms with Gasteiger partial charge in [-0.15, -0.1) is 0 Å². The molecule has 1 aliphatic rings. The number of carbonyl (C=O) groups is 1. The first-order valence-electron chi connectivity index (χ1n) is 7.24. The summed E-state index contributed by atoms with van der Waals surface area (Å²) in [5.41, 5.74) is 8.85. The van der Waals surface area contributed by atoms with Crippen LogP contribution >= 0.6 is 0 Å². The number of carbonyl (C=O) groups excluding carboxylic acids is 1. The fraction of sp³-hybridized carbons (Fsp3) is 0.250. The van der Waals surface area contributed by atoms with Gasteiger partial charge in [0, 0.05) is 12.2 Å². The molecule has 3 rings (SSSR count). The summed E-state index contributed by atoms with van der Waals surface area (Å²) in [6.45, 7) is 2.92. The van der Waals surface area contributed by atoms with E-state index in [4.69, 9.17) is 10.5 Å². The maximum absolute atomic E-state index is 11.4.